The lowest BCUT2D eigenvalue weighted by Crippen LogP contribution is -2.41. The number of ether oxygens (including phenoxy) is 3. The molecule has 5 heterocycles. The molecule has 11 heteroatoms. The van der Waals surface area contributed by atoms with Gasteiger partial charge in [-0.3, -0.25) is 0 Å². The molecule has 0 amide bonds. The predicted molar refractivity (Wildman–Crippen MR) is 142 cm³/mol. The van der Waals surface area contributed by atoms with Crippen LogP contribution in [0.4, 0.5) is 0 Å². The van der Waals surface area contributed by atoms with Crippen molar-refractivity contribution in [1.29, 1.82) is 0 Å². The van der Waals surface area contributed by atoms with E-state index in [-0.39, 0.29) is 18.8 Å². The van der Waals surface area contributed by atoms with Crippen LogP contribution in [-0.4, -0.2) is 44.0 Å². The average Bonchev–Trinajstić information content (AvgIpc) is 3.63. The molecule has 37 heavy (non-hydrogen) atoms. The first kappa shape index (κ1) is 24.4. The van der Waals surface area contributed by atoms with E-state index < -0.39 is 5.60 Å². The van der Waals surface area contributed by atoms with Gasteiger partial charge in [0, 0.05) is 30.4 Å². The van der Waals surface area contributed by atoms with Crippen LogP contribution in [0, 0.1) is 0 Å². The number of aromatic nitrogens is 4. The zero-order valence-electron chi connectivity index (χ0n) is 21.1. The first-order valence-electron chi connectivity index (χ1n) is 12.3. The fraction of sp³-hybridized carbons (Fsp3) is 0.423. The molecule has 1 N–H and O–H groups in total. The molecule has 1 fully saturated rings. The van der Waals surface area contributed by atoms with Gasteiger partial charge >= 0.3 is 0 Å². The smallest absolute Gasteiger partial charge is 0.212 e. The lowest BCUT2D eigenvalue weighted by Gasteiger charge is -2.37. The molecular weight excluding hydrogens is 512 g/mol. The molecule has 194 valence electrons. The largest absolute Gasteiger partial charge is 0.496 e. The summed E-state index contributed by atoms with van der Waals surface area (Å²) in [5, 5.41) is 20.3. The number of furan rings is 1. The molecule has 6 rings (SSSR count). The van der Waals surface area contributed by atoms with E-state index in [9.17, 15) is 5.11 Å². The number of aryl methyl sites for hydroxylation is 1. The van der Waals surface area contributed by atoms with Gasteiger partial charge in [0.2, 0.25) is 4.96 Å². The topological polar surface area (TPSA) is 104 Å². The summed E-state index contributed by atoms with van der Waals surface area (Å²) in [6.07, 6.45) is 3.77. The van der Waals surface area contributed by atoms with Crippen molar-refractivity contribution in [3.8, 4) is 23.0 Å². The number of benzene rings is 1. The summed E-state index contributed by atoms with van der Waals surface area (Å²) in [4.78, 5) is 10.2. The highest BCUT2D eigenvalue weighted by molar-refractivity contribution is 7.16. The molecule has 1 aliphatic heterocycles. The third kappa shape index (κ3) is 4.61. The average molecular weight is 541 g/mol. The van der Waals surface area contributed by atoms with Crippen LogP contribution in [0.1, 0.15) is 49.3 Å². The minimum absolute atomic E-state index is 0.0201. The molecule has 2 unspecified atom stereocenters. The Balaban J connectivity index is 1.26. The van der Waals surface area contributed by atoms with Gasteiger partial charge in [-0.1, -0.05) is 18.3 Å². The number of imidazole rings is 1. The quantitative estimate of drug-likeness (QED) is 0.285. The zero-order chi connectivity index (χ0) is 25.7. The molecule has 1 saturated heterocycles. The molecule has 0 spiro atoms. The van der Waals surface area contributed by atoms with E-state index in [4.69, 9.17) is 23.6 Å². The molecule has 0 radical (unpaired) electrons. The molecule has 4 aromatic heterocycles. The molecular formula is C26H28N4O5S2. The fourth-order valence-corrected chi connectivity index (χ4v) is 6.63. The predicted octanol–water partition coefficient (Wildman–Crippen LogP) is 5.59. The van der Waals surface area contributed by atoms with E-state index in [1.807, 2.05) is 43.6 Å². The highest BCUT2D eigenvalue weighted by Crippen LogP contribution is 2.40. The van der Waals surface area contributed by atoms with Crippen LogP contribution in [0.5, 0.6) is 11.5 Å². The second-order valence-electron chi connectivity index (χ2n) is 9.48. The second kappa shape index (κ2) is 9.39. The van der Waals surface area contributed by atoms with Crippen LogP contribution in [0.25, 0.3) is 27.4 Å². The number of hydrogen-bond donors (Lipinski definition) is 1. The van der Waals surface area contributed by atoms with Crippen LogP contribution in [0.2, 0.25) is 0 Å². The first-order chi connectivity index (χ1) is 17.8. The summed E-state index contributed by atoms with van der Waals surface area (Å²) >= 11 is 3.03. The third-order valence-electron chi connectivity index (χ3n) is 6.49. The summed E-state index contributed by atoms with van der Waals surface area (Å²) in [6.45, 7) is 6.29. The number of thiazole rings is 1. The fourth-order valence-electron chi connectivity index (χ4n) is 4.89. The highest BCUT2D eigenvalue weighted by Gasteiger charge is 2.40. The van der Waals surface area contributed by atoms with Gasteiger partial charge in [0.1, 0.15) is 45.0 Å². The molecule has 1 aliphatic rings. The van der Waals surface area contributed by atoms with Crippen molar-refractivity contribution in [2.24, 2.45) is 0 Å². The minimum atomic E-state index is -0.978. The molecule has 0 saturated carbocycles. The molecule has 9 nitrogen and oxygen atoms in total. The van der Waals surface area contributed by atoms with Crippen LogP contribution in [0.3, 0.4) is 0 Å². The van der Waals surface area contributed by atoms with Crippen molar-refractivity contribution < 1.29 is 23.7 Å². The Kier molecular flexibility index (Phi) is 6.18. The maximum Gasteiger partial charge on any atom is 0.212 e. The van der Waals surface area contributed by atoms with E-state index in [1.165, 1.54) is 11.3 Å². The highest BCUT2D eigenvalue weighted by atomic mass is 32.1. The van der Waals surface area contributed by atoms with Crippen molar-refractivity contribution in [2.75, 3.05) is 7.11 Å². The van der Waals surface area contributed by atoms with Gasteiger partial charge in [-0.15, -0.1) is 11.3 Å². The molecule has 2 atom stereocenters. The molecule has 0 aliphatic carbocycles. The minimum Gasteiger partial charge on any atom is -0.496 e. The van der Waals surface area contributed by atoms with E-state index in [2.05, 4.69) is 17.0 Å². The molecule has 0 bridgehead atoms. The summed E-state index contributed by atoms with van der Waals surface area (Å²) in [7, 11) is 1.61. The Morgan fingerprint density at radius 2 is 2.00 bits per heavy atom. The normalized spacial score (nSPS) is 22.2. The number of fused-ring (bicyclic) bond motifs is 2. The monoisotopic (exact) mass is 540 g/mol. The van der Waals surface area contributed by atoms with Crippen molar-refractivity contribution in [3.63, 3.8) is 0 Å². The van der Waals surface area contributed by atoms with Crippen molar-refractivity contribution >= 4 is 38.6 Å². The van der Waals surface area contributed by atoms with E-state index in [0.717, 1.165) is 27.5 Å². The van der Waals surface area contributed by atoms with Crippen LogP contribution >= 0.6 is 22.7 Å². The number of nitrogens with zero attached hydrogens (tertiary/aromatic N) is 4. The number of methoxy groups -OCH3 is 1. The Morgan fingerprint density at radius 1 is 1.19 bits per heavy atom. The van der Waals surface area contributed by atoms with Crippen LogP contribution in [0.15, 0.2) is 34.2 Å². The standard InChI is InChI=1S/C26H28N4O5S2/c1-5-23-29-30-11-19(28-25(30)37-23)22-8-18-20(6-17(32-4)7-21(18)35-22)33-12-16-13-36-24(27-16)26(31)9-14(2)34-15(3)10-26/h6-8,11,13-15,31H,5,9-10,12H2,1-4H3. The van der Waals surface area contributed by atoms with Gasteiger partial charge in [-0.2, -0.15) is 5.10 Å². The number of hydrogen-bond acceptors (Lipinski definition) is 10. The van der Waals surface area contributed by atoms with E-state index in [0.29, 0.717) is 46.4 Å². The SMILES string of the molecule is CCc1nn2cc(-c3cc4c(OCc5csc(C6(O)CC(C)OC(C)C6)n5)cc(OC)cc4o3)nc2s1. The zero-order valence-corrected chi connectivity index (χ0v) is 22.7. The van der Waals surface area contributed by atoms with Gasteiger partial charge in [0.15, 0.2) is 5.76 Å². The molecule has 1 aromatic carbocycles. The first-order valence-corrected chi connectivity index (χ1v) is 14.0. The van der Waals surface area contributed by atoms with E-state index >= 15 is 0 Å². The van der Waals surface area contributed by atoms with Gasteiger partial charge in [0.05, 0.1) is 36.6 Å². The summed E-state index contributed by atoms with van der Waals surface area (Å²) in [6, 6.07) is 5.60. The van der Waals surface area contributed by atoms with E-state index in [1.54, 1.807) is 23.0 Å². The Labute approximate surface area is 221 Å². The van der Waals surface area contributed by atoms with Gasteiger partial charge < -0.3 is 23.7 Å². The van der Waals surface area contributed by atoms with Gasteiger partial charge in [-0.25, -0.2) is 14.5 Å². The maximum atomic E-state index is 11.3. The second-order valence-corrected chi connectivity index (χ2v) is 11.4. The lowest BCUT2D eigenvalue weighted by molar-refractivity contribution is -0.135. The summed E-state index contributed by atoms with van der Waals surface area (Å²) in [5.41, 5.74) is 1.13. The maximum absolute atomic E-state index is 11.3. The Morgan fingerprint density at radius 3 is 2.73 bits per heavy atom. The van der Waals surface area contributed by atoms with Crippen LogP contribution in [-0.2, 0) is 23.4 Å². The van der Waals surface area contributed by atoms with Gasteiger partial charge in [0.25, 0.3) is 0 Å². The van der Waals surface area contributed by atoms with Crippen LogP contribution < -0.4 is 9.47 Å². The molecule has 5 aromatic rings. The van der Waals surface area contributed by atoms with Crippen molar-refractivity contribution in [2.45, 2.75) is 64.4 Å². The third-order valence-corrected chi connectivity index (χ3v) is 8.64. The summed E-state index contributed by atoms with van der Waals surface area (Å²) in [5.74, 6) is 1.88. The van der Waals surface area contributed by atoms with Gasteiger partial charge in [-0.05, 0) is 26.3 Å². The summed E-state index contributed by atoms with van der Waals surface area (Å²) < 4.78 is 25.4. The van der Waals surface area contributed by atoms with Crippen molar-refractivity contribution in [3.05, 3.63) is 45.5 Å². The Bertz CT molecular complexity index is 1530. The number of aliphatic hydroxyl groups is 1. The Hall–Kier alpha value is -2.99. The number of rotatable bonds is 7. The van der Waals surface area contributed by atoms with Crippen molar-refractivity contribution in [1.82, 2.24) is 19.6 Å². The lowest BCUT2D eigenvalue weighted by atomic mass is 9.88.